The lowest BCUT2D eigenvalue weighted by Crippen LogP contribution is -2.29. The molecule has 0 fully saturated rings. The van der Waals surface area contributed by atoms with Crippen LogP contribution in [0.1, 0.15) is 19.3 Å². The summed E-state index contributed by atoms with van der Waals surface area (Å²) in [6.07, 6.45) is 3.73. The van der Waals surface area contributed by atoms with E-state index in [9.17, 15) is 14.4 Å². The lowest BCUT2D eigenvalue weighted by molar-refractivity contribution is -0.126. The zero-order chi connectivity index (χ0) is 16.5. The number of nitrogens with one attached hydrogen (secondary N) is 3. The van der Waals surface area contributed by atoms with Gasteiger partial charge >= 0.3 is 0 Å². The molecule has 1 atom stereocenters. The first-order valence-corrected chi connectivity index (χ1v) is 7.63. The van der Waals surface area contributed by atoms with E-state index in [1.165, 1.54) is 0 Å². The molecule has 9 heteroatoms. The minimum absolute atomic E-state index is 0.00882. The third-order valence-corrected chi connectivity index (χ3v) is 3.01. The first-order valence-electron chi connectivity index (χ1n) is 7.18. The molecule has 128 valence electrons. The third-order valence-electron chi connectivity index (χ3n) is 2.67. The topological polar surface area (TPSA) is 106 Å². The zero-order valence-corrected chi connectivity index (χ0v) is 13.5. The highest BCUT2D eigenvalue weighted by Crippen LogP contribution is 1.98. The van der Waals surface area contributed by atoms with Crippen LogP contribution in [0.25, 0.3) is 0 Å². The Morgan fingerprint density at radius 2 is 1.86 bits per heavy atom. The molecule has 1 unspecified atom stereocenters. The average molecular weight is 335 g/mol. The molecule has 0 aliphatic rings. The van der Waals surface area contributed by atoms with E-state index < -0.39 is 0 Å². The number of carbonyl (C=O) groups excluding carboxylic acids is 3. The van der Waals surface area contributed by atoms with E-state index in [0.717, 1.165) is 19.1 Å². The third kappa shape index (κ3) is 13.8. The van der Waals surface area contributed by atoms with E-state index in [1.54, 1.807) is 0 Å². The van der Waals surface area contributed by atoms with Crippen LogP contribution in [0.3, 0.4) is 0 Å². The van der Waals surface area contributed by atoms with Crippen molar-refractivity contribution in [3.8, 4) is 0 Å². The molecule has 0 aromatic carbocycles. The molecule has 0 saturated heterocycles. The second kappa shape index (κ2) is 16.2. The van der Waals surface area contributed by atoms with Gasteiger partial charge in [0.1, 0.15) is 12.9 Å². The molecule has 0 rings (SSSR count). The van der Waals surface area contributed by atoms with E-state index in [4.69, 9.17) is 9.47 Å². The lowest BCUT2D eigenvalue weighted by atomic mass is 10.1. The summed E-state index contributed by atoms with van der Waals surface area (Å²) in [4.78, 5) is 31.9. The van der Waals surface area contributed by atoms with Gasteiger partial charge in [0, 0.05) is 13.1 Å². The van der Waals surface area contributed by atoms with Crippen molar-refractivity contribution in [1.82, 2.24) is 15.4 Å². The Hall–Kier alpha value is -1.16. The van der Waals surface area contributed by atoms with Gasteiger partial charge in [0.25, 0.3) is 0 Å². The van der Waals surface area contributed by atoms with Gasteiger partial charge in [0.2, 0.25) is 12.3 Å². The van der Waals surface area contributed by atoms with Crippen LogP contribution in [0.2, 0.25) is 0 Å². The molecule has 8 nitrogen and oxygen atoms in total. The molecule has 22 heavy (non-hydrogen) atoms. The maximum absolute atomic E-state index is 11.4. The highest BCUT2D eigenvalue weighted by molar-refractivity contribution is 7.78. The molecule has 0 heterocycles. The van der Waals surface area contributed by atoms with Crippen LogP contribution in [0, 0.1) is 0 Å². The minimum atomic E-state index is -0.246. The maximum Gasteiger partial charge on any atom is 0.245 e. The predicted octanol–water partition coefficient (Wildman–Crippen LogP) is -0.946. The molecule has 0 aromatic heterocycles. The summed E-state index contributed by atoms with van der Waals surface area (Å²) >= 11 is 3.84. The first-order chi connectivity index (χ1) is 10.7. The van der Waals surface area contributed by atoms with Gasteiger partial charge < -0.3 is 24.9 Å². The van der Waals surface area contributed by atoms with Crippen molar-refractivity contribution in [3.05, 3.63) is 0 Å². The van der Waals surface area contributed by atoms with Gasteiger partial charge in [-0.05, 0) is 19.3 Å². The summed E-state index contributed by atoms with van der Waals surface area (Å²) in [5.41, 5.74) is 0. The van der Waals surface area contributed by atoms with Gasteiger partial charge in [0.15, 0.2) is 0 Å². The van der Waals surface area contributed by atoms with E-state index >= 15 is 0 Å². The highest BCUT2D eigenvalue weighted by atomic mass is 32.1. The van der Waals surface area contributed by atoms with Crippen molar-refractivity contribution >= 4 is 31.4 Å². The smallest absolute Gasteiger partial charge is 0.245 e. The molecular formula is C13H25N3O5S. The molecule has 0 radical (unpaired) electrons. The van der Waals surface area contributed by atoms with Crippen molar-refractivity contribution in [1.29, 1.82) is 0 Å². The summed E-state index contributed by atoms with van der Waals surface area (Å²) in [5.74, 6) is -0.179. The van der Waals surface area contributed by atoms with Crippen LogP contribution >= 0.6 is 12.8 Å². The Balaban J connectivity index is 3.29. The van der Waals surface area contributed by atoms with Gasteiger partial charge in [-0.25, -0.2) is 0 Å². The molecule has 0 aromatic rings. The van der Waals surface area contributed by atoms with E-state index in [1.807, 2.05) is 0 Å². The normalized spacial score (nSPS) is 11.7. The fourth-order valence-corrected chi connectivity index (χ4v) is 1.70. The van der Waals surface area contributed by atoms with Gasteiger partial charge in [-0.15, -0.1) is 0 Å². The van der Waals surface area contributed by atoms with Crippen molar-refractivity contribution in [2.75, 3.05) is 39.5 Å². The number of aldehydes is 1. The van der Waals surface area contributed by atoms with Gasteiger partial charge in [0.05, 0.1) is 25.9 Å². The van der Waals surface area contributed by atoms with E-state index in [0.29, 0.717) is 45.7 Å². The summed E-state index contributed by atoms with van der Waals surface area (Å²) in [6, 6.07) is -0.246. The Kier molecular flexibility index (Phi) is 15.4. The number of ether oxygens (including phenoxy) is 2. The quantitative estimate of drug-likeness (QED) is 0.165. The first kappa shape index (κ1) is 20.8. The number of carbonyl (C=O) groups is 3. The van der Waals surface area contributed by atoms with Crippen LogP contribution in [0.4, 0.5) is 0 Å². The molecule has 0 aliphatic heterocycles. The van der Waals surface area contributed by atoms with Crippen LogP contribution in [0.15, 0.2) is 0 Å². The summed E-state index contributed by atoms with van der Waals surface area (Å²) in [7, 11) is 0. The second-order valence-corrected chi connectivity index (χ2v) is 4.71. The highest BCUT2D eigenvalue weighted by Gasteiger charge is 2.04. The van der Waals surface area contributed by atoms with Crippen LogP contribution in [-0.4, -0.2) is 64.2 Å². The van der Waals surface area contributed by atoms with Crippen molar-refractivity contribution < 1.29 is 23.9 Å². The van der Waals surface area contributed by atoms with E-state index in [2.05, 4.69) is 28.2 Å². The summed E-state index contributed by atoms with van der Waals surface area (Å²) in [5, 5.41) is 5.20. The number of thiol groups is 1. The minimum Gasteiger partial charge on any atom is -0.377 e. The Morgan fingerprint density at radius 1 is 1.09 bits per heavy atom. The molecule has 0 aliphatic carbocycles. The fraction of sp³-hybridized carbons (Fsp3) is 0.769. The zero-order valence-electron chi connectivity index (χ0n) is 12.6. The number of rotatable bonds is 16. The second-order valence-electron chi connectivity index (χ2n) is 4.45. The lowest BCUT2D eigenvalue weighted by Gasteiger charge is -2.09. The van der Waals surface area contributed by atoms with Crippen molar-refractivity contribution in [2.24, 2.45) is 0 Å². The molecular weight excluding hydrogens is 310 g/mol. The van der Waals surface area contributed by atoms with Crippen molar-refractivity contribution in [2.45, 2.75) is 25.3 Å². The Morgan fingerprint density at radius 3 is 2.55 bits per heavy atom. The SMILES string of the molecule is O=CNCCOCCOCC(=O)NCCCCC(C=O)NS. The summed E-state index contributed by atoms with van der Waals surface area (Å²) in [6.45, 7) is 2.11. The van der Waals surface area contributed by atoms with Gasteiger partial charge in [-0.1, -0.05) is 12.8 Å². The molecule has 2 amide bonds. The van der Waals surface area contributed by atoms with E-state index in [-0.39, 0.29) is 18.6 Å². The predicted molar refractivity (Wildman–Crippen MR) is 84.5 cm³/mol. The standard InChI is InChI=1S/C13H25N3O5S/c17-9-12(16-22)3-1-2-4-15-13(19)10-21-8-7-20-6-5-14-11-18/h9,11-12,16,22H,1-8,10H2,(H,14,18)(H,15,19). The van der Waals surface area contributed by atoms with Gasteiger partial charge in [-0.2, -0.15) is 0 Å². The summed E-state index contributed by atoms with van der Waals surface area (Å²) < 4.78 is 12.9. The van der Waals surface area contributed by atoms with Crippen molar-refractivity contribution in [3.63, 3.8) is 0 Å². The number of amides is 2. The molecule has 0 bridgehead atoms. The Bertz CT molecular complexity index is 307. The van der Waals surface area contributed by atoms with Crippen LogP contribution < -0.4 is 15.4 Å². The monoisotopic (exact) mass is 335 g/mol. The molecule has 3 N–H and O–H groups in total. The average Bonchev–Trinajstić information content (AvgIpc) is 2.53. The van der Waals surface area contributed by atoms with Crippen LogP contribution in [0.5, 0.6) is 0 Å². The molecule has 0 saturated carbocycles. The molecule has 0 spiro atoms. The van der Waals surface area contributed by atoms with Crippen LogP contribution in [-0.2, 0) is 23.9 Å². The number of hydrogen-bond donors (Lipinski definition) is 4. The number of unbranched alkanes of at least 4 members (excludes halogenated alkanes) is 1. The Labute approximate surface area is 136 Å². The fourth-order valence-electron chi connectivity index (χ4n) is 1.51. The largest absolute Gasteiger partial charge is 0.377 e. The maximum atomic E-state index is 11.4. The number of hydrogen-bond acceptors (Lipinski definition) is 7. The van der Waals surface area contributed by atoms with Gasteiger partial charge in [-0.3, -0.25) is 14.3 Å².